The molecule has 0 aromatic rings. The van der Waals surface area contributed by atoms with E-state index in [2.05, 4.69) is 20.8 Å². The number of amides is 1. The first kappa shape index (κ1) is 12.7. The Kier molecular flexibility index (Phi) is 2.69. The average Bonchev–Trinajstić information content (AvgIpc) is 2.87. The molecule has 4 heteroatoms. The van der Waals surface area contributed by atoms with E-state index in [0.29, 0.717) is 13.1 Å². The van der Waals surface area contributed by atoms with E-state index in [1.807, 2.05) is 0 Å². The van der Waals surface area contributed by atoms with E-state index in [0.717, 1.165) is 19.3 Å². The molecule has 98 valence electrons. The summed E-state index contributed by atoms with van der Waals surface area (Å²) in [5, 5.41) is 18.7. The van der Waals surface area contributed by atoms with Gasteiger partial charge in [0.15, 0.2) is 0 Å². The molecular weight excluding hydrogens is 218 g/mol. The van der Waals surface area contributed by atoms with E-state index in [1.54, 1.807) is 0 Å². The fourth-order valence-electron chi connectivity index (χ4n) is 3.84. The van der Waals surface area contributed by atoms with E-state index < -0.39 is 6.09 Å². The molecule has 2 aliphatic rings. The van der Waals surface area contributed by atoms with Crippen molar-refractivity contribution in [2.45, 2.75) is 40.0 Å². The van der Waals surface area contributed by atoms with Gasteiger partial charge in [-0.25, -0.2) is 4.79 Å². The molecule has 0 aromatic heterocycles. The molecule has 4 nitrogen and oxygen atoms in total. The third kappa shape index (κ3) is 1.65. The van der Waals surface area contributed by atoms with Crippen LogP contribution in [0.5, 0.6) is 0 Å². The van der Waals surface area contributed by atoms with Crippen LogP contribution < -0.4 is 0 Å². The van der Waals surface area contributed by atoms with Crippen LogP contribution in [0.3, 0.4) is 0 Å². The molecule has 0 radical (unpaired) electrons. The number of carbonyl (C=O) groups is 1. The number of nitrogens with zero attached hydrogens (tertiary/aromatic N) is 1. The molecule has 2 fully saturated rings. The average molecular weight is 241 g/mol. The maximum absolute atomic E-state index is 10.9. The van der Waals surface area contributed by atoms with Gasteiger partial charge in [-0.3, -0.25) is 0 Å². The first-order chi connectivity index (χ1) is 7.78. The van der Waals surface area contributed by atoms with E-state index in [4.69, 9.17) is 5.11 Å². The maximum Gasteiger partial charge on any atom is 0.407 e. The lowest BCUT2D eigenvalue weighted by Gasteiger charge is -2.39. The number of aliphatic hydroxyl groups is 1. The SMILES string of the molecule is CC(C)(C)C1(CO)CC12CCN(C(=O)O)CC2. The van der Waals surface area contributed by atoms with E-state index in [-0.39, 0.29) is 22.9 Å². The van der Waals surface area contributed by atoms with Gasteiger partial charge in [-0.1, -0.05) is 20.8 Å². The first-order valence-corrected chi connectivity index (χ1v) is 6.37. The van der Waals surface area contributed by atoms with Crippen molar-refractivity contribution < 1.29 is 15.0 Å². The lowest BCUT2D eigenvalue weighted by molar-refractivity contribution is 0.0393. The highest BCUT2D eigenvalue weighted by Gasteiger charge is 2.71. The number of carboxylic acid groups (broad SMARTS) is 1. The molecular formula is C13H23NO3. The quantitative estimate of drug-likeness (QED) is 0.739. The minimum atomic E-state index is -0.814. The summed E-state index contributed by atoms with van der Waals surface area (Å²) >= 11 is 0. The molecule has 1 unspecified atom stereocenters. The van der Waals surface area contributed by atoms with Gasteiger partial charge in [0.25, 0.3) is 0 Å². The third-order valence-corrected chi connectivity index (χ3v) is 5.23. The zero-order valence-corrected chi connectivity index (χ0v) is 11.0. The minimum absolute atomic E-state index is 0.00456. The van der Waals surface area contributed by atoms with Crippen LogP contribution in [0.2, 0.25) is 0 Å². The highest BCUT2D eigenvalue weighted by Crippen LogP contribution is 2.75. The molecule has 1 aliphatic heterocycles. The van der Waals surface area contributed by atoms with Crippen molar-refractivity contribution in [2.75, 3.05) is 19.7 Å². The zero-order valence-electron chi connectivity index (χ0n) is 11.0. The minimum Gasteiger partial charge on any atom is -0.465 e. The summed E-state index contributed by atoms with van der Waals surface area (Å²) < 4.78 is 0. The maximum atomic E-state index is 10.9. The molecule has 1 amide bonds. The molecule has 17 heavy (non-hydrogen) atoms. The summed E-state index contributed by atoms with van der Waals surface area (Å²) in [7, 11) is 0. The summed E-state index contributed by atoms with van der Waals surface area (Å²) in [6.45, 7) is 8.01. The first-order valence-electron chi connectivity index (χ1n) is 6.37. The second-order valence-electron chi connectivity index (χ2n) is 6.72. The van der Waals surface area contributed by atoms with Crippen molar-refractivity contribution in [3.05, 3.63) is 0 Å². The van der Waals surface area contributed by atoms with E-state index >= 15 is 0 Å². The number of hydrogen-bond acceptors (Lipinski definition) is 2. The smallest absolute Gasteiger partial charge is 0.407 e. The monoisotopic (exact) mass is 241 g/mol. The summed E-state index contributed by atoms with van der Waals surface area (Å²) in [5.74, 6) is 0. The third-order valence-electron chi connectivity index (χ3n) is 5.23. The van der Waals surface area contributed by atoms with Crippen LogP contribution in [0.4, 0.5) is 4.79 Å². The Balaban J connectivity index is 2.09. The molecule has 2 N–H and O–H groups in total. The van der Waals surface area contributed by atoms with Gasteiger partial charge in [0.05, 0.1) is 0 Å². The molecule has 1 spiro atoms. The van der Waals surface area contributed by atoms with Gasteiger partial charge in [-0.15, -0.1) is 0 Å². The highest BCUT2D eigenvalue weighted by atomic mass is 16.4. The summed E-state index contributed by atoms with van der Waals surface area (Å²) in [5.41, 5.74) is 0.281. The second kappa shape index (κ2) is 3.61. The lowest BCUT2D eigenvalue weighted by Crippen LogP contribution is -2.42. The van der Waals surface area contributed by atoms with Crippen LogP contribution in [-0.4, -0.2) is 40.9 Å². The van der Waals surface area contributed by atoms with Crippen LogP contribution in [0.25, 0.3) is 0 Å². The van der Waals surface area contributed by atoms with Crippen molar-refractivity contribution >= 4 is 6.09 Å². The zero-order chi connectivity index (χ0) is 12.9. The van der Waals surface area contributed by atoms with E-state index in [1.165, 1.54) is 4.90 Å². The summed E-state index contributed by atoms with van der Waals surface area (Å²) in [4.78, 5) is 12.4. The van der Waals surface area contributed by atoms with Crippen molar-refractivity contribution in [1.29, 1.82) is 0 Å². The van der Waals surface area contributed by atoms with Crippen LogP contribution in [0, 0.1) is 16.2 Å². The number of rotatable bonds is 1. The molecule has 1 heterocycles. The van der Waals surface area contributed by atoms with Crippen LogP contribution in [-0.2, 0) is 0 Å². The Morgan fingerprint density at radius 2 is 1.82 bits per heavy atom. The van der Waals surface area contributed by atoms with Crippen molar-refractivity contribution in [3.8, 4) is 0 Å². The number of hydrogen-bond donors (Lipinski definition) is 2. The van der Waals surface area contributed by atoms with Crippen LogP contribution in [0.15, 0.2) is 0 Å². The van der Waals surface area contributed by atoms with Crippen molar-refractivity contribution in [2.24, 2.45) is 16.2 Å². The lowest BCUT2D eigenvalue weighted by atomic mass is 9.70. The molecule has 1 saturated carbocycles. The molecule has 1 saturated heterocycles. The van der Waals surface area contributed by atoms with E-state index in [9.17, 15) is 9.90 Å². The van der Waals surface area contributed by atoms with Crippen LogP contribution in [0.1, 0.15) is 40.0 Å². The van der Waals surface area contributed by atoms with Gasteiger partial charge >= 0.3 is 6.09 Å². The Bertz CT molecular complexity index is 326. The molecule has 1 atom stereocenters. The summed E-state index contributed by atoms with van der Waals surface area (Å²) in [6, 6.07) is 0. The second-order valence-corrected chi connectivity index (χ2v) is 6.72. The number of piperidine rings is 1. The molecule has 1 aliphatic carbocycles. The molecule has 0 aromatic carbocycles. The molecule has 2 rings (SSSR count). The normalized spacial score (nSPS) is 31.6. The summed E-state index contributed by atoms with van der Waals surface area (Å²) in [6.07, 6.45) is 2.03. The number of aliphatic hydroxyl groups excluding tert-OH is 1. The molecule has 0 bridgehead atoms. The topological polar surface area (TPSA) is 60.8 Å². The Labute approximate surface area is 103 Å². The highest BCUT2D eigenvalue weighted by molar-refractivity contribution is 5.65. The van der Waals surface area contributed by atoms with Gasteiger partial charge in [-0.2, -0.15) is 0 Å². The fourth-order valence-corrected chi connectivity index (χ4v) is 3.84. The van der Waals surface area contributed by atoms with Crippen molar-refractivity contribution in [1.82, 2.24) is 4.90 Å². The van der Waals surface area contributed by atoms with Gasteiger partial charge in [0.1, 0.15) is 0 Å². The van der Waals surface area contributed by atoms with Gasteiger partial charge < -0.3 is 15.1 Å². The Morgan fingerprint density at radius 1 is 1.29 bits per heavy atom. The fraction of sp³-hybridized carbons (Fsp3) is 0.923. The van der Waals surface area contributed by atoms with Crippen LogP contribution >= 0.6 is 0 Å². The largest absolute Gasteiger partial charge is 0.465 e. The number of likely N-dealkylation sites (tertiary alicyclic amines) is 1. The Hall–Kier alpha value is -0.770. The van der Waals surface area contributed by atoms with Gasteiger partial charge in [0, 0.05) is 25.1 Å². The van der Waals surface area contributed by atoms with Crippen molar-refractivity contribution in [3.63, 3.8) is 0 Å². The predicted molar refractivity (Wildman–Crippen MR) is 64.9 cm³/mol. The Morgan fingerprint density at radius 3 is 2.12 bits per heavy atom. The standard InChI is InChI=1S/C13H23NO3/c1-11(2,3)13(9-15)8-12(13)4-6-14(7-5-12)10(16)17/h15H,4-9H2,1-3H3,(H,16,17). The van der Waals surface area contributed by atoms with Gasteiger partial charge in [-0.05, 0) is 30.1 Å². The van der Waals surface area contributed by atoms with Gasteiger partial charge in [0.2, 0.25) is 0 Å². The predicted octanol–water partition coefficient (Wildman–Crippen LogP) is 2.18.